The molecule has 1 aromatic rings. The van der Waals surface area contributed by atoms with Crippen LogP contribution in [0.15, 0.2) is 23.1 Å². The van der Waals surface area contributed by atoms with Crippen LogP contribution in [0.25, 0.3) is 0 Å². The number of halogens is 2. The van der Waals surface area contributed by atoms with Gasteiger partial charge in [0, 0.05) is 18.6 Å². The summed E-state index contributed by atoms with van der Waals surface area (Å²) in [5.41, 5.74) is 0. The second-order valence-electron chi connectivity index (χ2n) is 5.12. The number of sulfonamides is 1. The lowest BCUT2D eigenvalue weighted by molar-refractivity contribution is 0.334. The molecule has 2 N–H and O–H groups in total. The summed E-state index contributed by atoms with van der Waals surface area (Å²) in [6.07, 6.45) is 3.02. The van der Waals surface area contributed by atoms with Crippen LogP contribution in [-0.2, 0) is 10.0 Å². The second kappa shape index (κ2) is 6.15. The van der Waals surface area contributed by atoms with E-state index in [2.05, 4.69) is 17.0 Å². The van der Waals surface area contributed by atoms with Gasteiger partial charge in [0.1, 0.15) is 0 Å². The Morgan fingerprint density at radius 3 is 2.70 bits per heavy atom. The Balaban J connectivity index is 2.01. The minimum atomic E-state index is -3.81. The summed E-state index contributed by atoms with van der Waals surface area (Å²) in [6.45, 7) is 2.29. The third-order valence-electron chi connectivity index (χ3n) is 3.43. The predicted octanol–water partition coefficient (Wildman–Crippen LogP) is 1.77. The summed E-state index contributed by atoms with van der Waals surface area (Å²) in [6, 6.07) is 2.98. The predicted molar refractivity (Wildman–Crippen MR) is 71.8 cm³/mol. The van der Waals surface area contributed by atoms with Crippen molar-refractivity contribution in [3.8, 4) is 0 Å². The summed E-state index contributed by atoms with van der Waals surface area (Å²) in [5.74, 6) is -2.23. The van der Waals surface area contributed by atoms with Crippen molar-refractivity contribution in [2.45, 2.75) is 43.2 Å². The maximum atomic E-state index is 13.1. The van der Waals surface area contributed by atoms with E-state index in [-0.39, 0.29) is 17.5 Å². The first-order chi connectivity index (χ1) is 9.38. The van der Waals surface area contributed by atoms with E-state index in [1.807, 2.05) is 0 Å². The van der Waals surface area contributed by atoms with Gasteiger partial charge in [-0.25, -0.2) is 21.9 Å². The molecule has 0 radical (unpaired) electrons. The lowest BCUT2D eigenvalue weighted by Gasteiger charge is -2.28. The molecule has 2 atom stereocenters. The van der Waals surface area contributed by atoms with Crippen molar-refractivity contribution in [2.75, 3.05) is 6.54 Å². The number of piperidine rings is 1. The zero-order valence-electron chi connectivity index (χ0n) is 11.2. The zero-order chi connectivity index (χ0) is 14.8. The lowest BCUT2D eigenvalue weighted by atomic mass is 10.00. The molecule has 1 fully saturated rings. The Hall–Kier alpha value is -1.05. The summed E-state index contributed by atoms with van der Waals surface area (Å²) in [5, 5.41) is 3.30. The average Bonchev–Trinajstić information content (AvgIpc) is 2.40. The Bertz CT molecular complexity index is 578. The number of benzene rings is 1. The van der Waals surface area contributed by atoms with Crippen molar-refractivity contribution >= 4 is 10.0 Å². The van der Waals surface area contributed by atoms with E-state index in [0.717, 1.165) is 31.4 Å². The van der Waals surface area contributed by atoms with Crippen LogP contribution in [0.5, 0.6) is 0 Å². The topological polar surface area (TPSA) is 58.2 Å². The first-order valence-corrected chi connectivity index (χ1v) is 8.07. The van der Waals surface area contributed by atoms with Gasteiger partial charge >= 0.3 is 0 Å². The van der Waals surface area contributed by atoms with Gasteiger partial charge in [0.05, 0.1) is 4.90 Å². The minimum Gasteiger partial charge on any atom is -0.310 e. The maximum Gasteiger partial charge on any atom is 0.240 e. The molecule has 1 heterocycles. The van der Waals surface area contributed by atoms with Crippen molar-refractivity contribution in [3.63, 3.8) is 0 Å². The van der Waals surface area contributed by atoms with Crippen molar-refractivity contribution in [3.05, 3.63) is 29.8 Å². The molecule has 1 aliphatic rings. The van der Waals surface area contributed by atoms with Crippen LogP contribution in [0.1, 0.15) is 26.2 Å². The fourth-order valence-electron chi connectivity index (χ4n) is 2.34. The van der Waals surface area contributed by atoms with Crippen LogP contribution in [0.2, 0.25) is 0 Å². The number of nitrogens with one attached hydrogen (secondary N) is 2. The van der Waals surface area contributed by atoms with E-state index >= 15 is 0 Å². The van der Waals surface area contributed by atoms with Crippen molar-refractivity contribution in [2.24, 2.45) is 0 Å². The zero-order valence-corrected chi connectivity index (χ0v) is 12.0. The van der Waals surface area contributed by atoms with E-state index in [9.17, 15) is 17.2 Å². The Kier molecular flexibility index (Phi) is 4.72. The van der Waals surface area contributed by atoms with Gasteiger partial charge in [-0.3, -0.25) is 0 Å². The fourth-order valence-corrected chi connectivity index (χ4v) is 3.43. The molecule has 2 rings (SSSR count). The molecule has 1 saturated heterocycles. The fraction of sp³-hybridized carbons (Fsp3) is 0.538. The number of rotatable bonds is 4. The summed E-state index contributed by atoms with van der Waals surface area (Å²) < 4.78 is 52.3. The Morgan fingerprint density at radius 2 is 2.05 bits per heavy atom. The average molecular weight is 304 g/mol. The van der Waals surface area contributed by atoms with E-state index < -0.39 is 21.7 Å². The molecule has 1 aliphatic heterocycles. The van der Waals surface area contributed by atoms with Gasteiger partial charge in [0.15, 0.2) is 11.6 Å². The lowest BCUT2D eigenvalue weighted by Crippen LogP contribution is -2.47. The smallest absolute Gasteiger partial charge is 0.240 e. The largest absolute Gasteiger partial charge is 0.310 e. The Labute approximate surface area is 117 Å². The van der Waals surface area contributed by atoms with Crippen LogP contribution in [0.4, 0.5) is 8.78 Å². The van der Waals surface area contributed by atoms with Gasteiger partial charge in [-0.2, -0.15) is 0 Å². The molecule has 1 aromatic carbocycles. The van der Waals surface area contributed by atoms with Crippen LogP contribution in [0, 0.1) is 11.6 Å². The number of hydrogen-bond donors (Lipinski definition) is 2. The highest BCUT2D eigenvalue weighted by Gasteiger charge is 2.21. The van der Waals surface area contributed by atoms with E-state index in [4.69, 9.17) is 0 Å². The molecule has 0 aliphatic carbocycles. The third kappa shape index (κ3) is 3.74. The quantitative estimate of drug-likeness (QED) is 0.891. The van der Waals surface area contributed by atoms with E-state index in [1.54, 1.807) is 0 Å². The molecule has 20 heavy (non-hydrogen) atoms. The van der Waals surface area contributed by atoms with Crippen LogP contribution >= 0.6 is 0 Å². The van der Waals surface area contributed by atoms with Crippen LogP contribution in [0.3, 0.4) is 0 Å². The SMILES string of the molecule is CC1CCCC(CNS(=O)(=O)c2ccc(F)c(F)c2)N1. The van der Waals surface area contributed by atoms with Gasteiger partial charge in [0.25, 0.3) is 0 Å². The normalized spacial score (nSPS) is 23.8. The molecular weight excluding hydrogens is 286 g/mol. The van der Waals surface area contributed by atoms with Crippen molar-refractivity contribution < 1.29 is 17.2 Å². The molecular formula is C13H18F2N2O2S. The molecule has 4 nitrogen and oxygen atoms in total. The molecule has 0 amide bonds. The summed E-state index contributed by atoms with van der Waals surface area (Å²) >= 11 is 0. The summed E-state index contributed by atoms with van der Waals surface area (Å²) in [4.78, 5) is -0.264. The molecule has 0 saturated carbocycles. The van der Waals surface area contributed by atoms with Crippen LogP contribution in [-0.4, -0.2) is 27.0 Å². The van der Waals surface area contributed by atoms with Crippen LogP contribution < -0.4 is 10.0 Å². The molecule has 112 valence electrons. The number of hydrogen-bond acceptors (Lipinski definition) is 3. The van der Waals surface area contributed by atoms with Gasteiger partial charge in [0.2, 0.25) is 10.0 Å². The van der Waals surface area contributed by atoms with Crippen molar-refractivity contribution in [1.82, 2.24) is 10.0 Å². The first-order valence-electron chi connectivity index (χ1n) is 6.59. The highest BCUT2D eigenvalue weighted by atomic mass is 32.2. The van der Waals surface area contributed by atoms with Gasteiger partial charge in [-0.15, -0.1) is 0 Å². The van der Waals surface area contributed by atoms with Gasteiger partial charge in [-0.05, 0) is 38.0 Å². The minimum absolute atomic E-state index is 0.0684. The molecule has 7 heteroatoms. The molecule has 2 unspecified atom stereocenters. The molecule has 0 bridgehead atoms. The van der Waals surface area contributed by atoms with E-state index in [0.29, 0.717) is 12.1 Å². The third-order valence-corrected chi connectivity index (χ3v) is 4.85. The molecule has 0 spiro atoms. The monoisotopic (exact) mass is 304 g/mol. The van der Waals surface area contributed by atoms with E-state index in [1.165, 1.54) is 0 Å². The van der Waals surface area contributed by atoms with Gasteiger partial charge in [-0.1, -0.05) is 6.42 Å². The second-order valence-corrected chi connectivity index (χ2v) is 6.89. The van der Waals surface area contributed by atoms with Gasteiger partial charge < -0.3 is 5.32 Å². The standard InChI is InChI=1S/C13H18F2N2O2S/c1-9-3-2-4-10(17-9)8-16-20(18,19)11-5-6-12(14)13(15)7-11/h5-7,9-10,16-17H,2-4,8H2,1H3. The highest BCUT2D eigenvalue weighted by molar-refractivity contribution is 7.89. The maximum absolute atomic E-state index is 13.1. The van der Waals surface area contributed by atoms with Crippen molar-refractivity contribution in [1.29, 1.82) is 0 Å². The highest BCUT2D eigenvalue weighted by Crippen LogP contribution is 2.15. The first kappa shape index (κ1) is 15.3. The molecule has 0 aromatic heterocycles. The summed E-state index contributed by atoms with van der Waals surface area (Å²) in [7, 11) is -3.81. The Morgan fingerprint density at radius 1 is 1.30 bits per heavy atom.